The maximum Gasteiger partial charge on any atom is 0.0701 e. The van der Waals surface area contributed by atoms with Gasteiger partial charge in [-0.1, -0.05) is 85.0 Å². The summed E-state index contributed by atoms with van der Waals surface area (Å²) in [4.78, 5) is 0. The Balaban J connectivity index is 3.31. The second-order valence-electron chi connectivity index (χ2n) is 9.21. The molecule has 0 aliphatic heterocycles. The summed E-state index contributed by atoms with van der Waals surface area (Å²) in [6, 6.07) is 0. The van der Waals surface area contributed by atoms with Crippen molar-refractivity contribution in [1.82, 2.24) is 10.6 Å². The van der Waals surface area contributed by atoms with Crippen LogP contribution < -0.4 is 10.6 Å². The van der Waals surface area contributed by atoms with Crippen molar-refractivity contribution in [2.24, 2.45) is 5.92 Å². The fourth-order valence-electron chi connectivity index (χ4n) is 3.62. The zero-order valence-electron chi connectivity index (χ0n) is 21.6. The molecule has 0 heterocycles. The van der Waals surface area contributed by atoms with Gasteiger partial charge in [-0.15, -0.1) is 0 Å². The zero-order chi connectivity index (χ0) is 23.7. The molecule has 0 aromatic carbocycles. The molecule has 0 aliphatic carbocycles. The summed E-state index contributed by atoms with van der Waals surface area (Å²) in [7, 11) is 0. The Kier molecular flexibility index (Phi) is 25.2. The van der Waals surface area contributed by atoms with Gasteiger partial charge in [0.05, 0.1) is 38.6 Å². The molecule has 0 amide bonds. The van der Waals surface area contributed by atoms with Crippen LogP contribution in [0.5, 0.6) is 0 Å². The van der Waals surface area contributed by atoms with Crippen LogP contribution in [0.1, 0.15) is 97.8 Å². The van der Waals surface area contributed by atoms with Crippen LogP contribution in [0.25, 0.3) is 0 Å². The highest BCUT2D eigenvalue weighted by molar-refractivity contribution is 4.67. The molecular weight excluding hydrogens is 404 g/mol. The SMILES string of the molecule is CCCCCCCCCCCCC(C)C(O)CNCCOCCOCCNCC(O)CC. The van der Waals surface area contributed by atoms with E-state index in [-0.39, 0.29) is 12.2 Å². The Morgan fingerprint density at radius 1 is 0.656 bits per heavy atom. The zero-order valence-corrected chi connectivity index (χ0v) is 21.6. The molecule has 0 saturated carbocycles. The van der Waals surface area contributed by atoms with Gasteiger partial charge in [-0.3, -0.25) is 0 Å². The van der Waals surface area contributed by atoms with Crippen molar-refractivity contribution >= 4 is 0 Å². The van der Waals surface area contributed by atoms with Gasteiger partial charge < -0.3 is 30.3 Å². The minimum absolute atomic E-state index is 0.271. The second-order valence-corrected chi connectivity index (χ2v) is 9.21. The van der Waals surface area contributed by atoms with E-state index in [1.165, 1.54) is 64.2 Å². The first kappa shape index (κ1) is 31.8. The van der Waals surface area contributed by atoms with Crippen LogP contribution in [-0.4, -0.2) is 75.0 Å². The number of nitrogens with one attached hydrogen (secondary N) is 2. The van der Waals surface area contributed by atoms with Gasteiger partial charge in [-0.2, -0.15) is 0 Å². The van der Waals surface area contributed by atoms with Crippen molar-refractivity contribution in [3.63, 3.8) is 0 Å². The Morgan fingerprint density at radius 3 is 1.69 bits per heavy atom. The molecule has 0 bridgehead atoms. The first-order chi connectivity index (χ1) is 15.6. The third-order valence-electron chi connectivity index (χ3n) is 6.09. The fourth-order valence-corrected chi connectivity index (χ4v) is 3.62. The lowest BCUT2D eigenvalue weighted by atomic mass is 9.96. The minimum Gasteiger partial charge on any atom is -0.392 e. The van der Waals surface area contributed by atoms with Crippen molar-refractivity contribution in [3.05, 3.63) is 0 Å². The molecular formula is C26H56N2O4. The van der Waals surface area contributed by atoms with E-state index in [0.717, 1.165) is 25.9 Å². The van der Waals surface area contributed by atoms with Crippen molar-refractivity contribution < 1.29 is 19.7 Å². The van der Waals surface area contributed by atoms with Crippen LogP contribution in [0.4, 0.5) is 0 Å². The minimum atomic E-state index is -0.282. The molecule has 3 atom stereocenters. The summed E-state index contributed by atoms with van der Waals surface area (Å²) < 4.78 is 11.0. The molecule has 0 rings (SSSR count). The first-order valence-corrected chi connectivity index (χ1v) is 13.5. The molecule has 6 nitrogen and oxygen atoms in total. The Morgan fingerprint density at radius 2 is 1.16 bits per heavy atom. The predicted molar refractivity (Wildman–Crippen MR) is 135 cm³/mol. The van der Waals surface area contributed by atoms with Crippen LogP contribution in [0.3, 0.4) is 0 Å². The maximum atomic E-state index is 10.3. The second kappa shape index (κ2) is 25.4. The van der Waals surface area contributed by atoms with Crippen molar-refractivity contribution in [2.75, 3.05) is 52.6 Å². The fraction of sp³-hybridized carbons (Fsp3) is 1.00. The molecule has 6 heteroatoms. The third kappa shape index (κ3) is 22.9. The van der Waals surface area contributed by atoms with Crippen LogP contribution >= 0.6 is 0 Å². The lowest BCUT2D eigenvalue weighted by Gasteiger charge is -2.19. The highest BCUT2D eigenvalue weighted by Crippen LogP contribution is 2.15. The number of hydrogen-bond acceptors (Lipinski definition) is 6. The number of aliphatic hydroxyl groups excluding tert-OH is 2. The molecule has 194 valence electrons. The lowest BCUT2D eigenvalue weighted by Crippen LogP contribution is -2.33. The van der Waals surface area contributed by atoms with Gasteiger partial charge in [0.2, 0.25) is 0 Å². The van der Waals surface area contributed by atoms with E-state index in [0.29, 0.717) is 45.4 Å². The predicted octanol–water partition coefficient (Wildman–Crippen LogP) is 4.28. The number of unbranched alkanes of at least 4 members (excludes halogenated alkanes) is 9. The van der Waals surface area contributed by atoms with E-state index >= 15 is 0 Å². The number of rotatable bonds is 26. The van der Waals surface area contributed by atoms with Crippen LogP contribution in [0.2, 0.25) is 0 Å². The summed E-state index contributed by atoms with van der Waals surface area (Å²) in [5, 5.41) is 26.2. The van der Waals surface area contributed by atoms with Crippen molar-refractivity contribution in [1.29, 1.82) is 0 Å². The lowest BCUT2D eigenvalue weighted by molar-refractivity contribution is 0.0470. The largest absolute Gasteiger partial charge is 0.392 e. The molecule has 0 aromatic heterocycles. The van der Waals surface area contributed by atoms with E-state index in [2.05, 4.69) is 24.5 Å². The van der Waals surface area contributed by atoms with E-state index in [1.54, 1.807) is 0 Å². The Hall–Kier alpha value is -0.240. The number of aliphatic hydroxyl groups is 2. The van der Waals surface area contributed by atoms with Gasteiger partial charge in [0.25, 0.3) is 0 Å². The Bertz CT molecular complexity index is 361. The first-order valence-electron chi connectivity index (χ1n) is 13.5. The van der Waals surface area contributed by atoms with E-state index in [4.69, 9.17) is 9.47 Å². The molecule has 0 aliphatic rings. The van der Waals surface area contributed by atoms with Gasteiger partial charge in [-0.25, -0.2) is 0 Å². The summed E-state index contributed by atoms with van der Waals surface area (Å²) in [6.45, 7) is 11.6. The smallest absolute Gasteiger partial charge is 0.0701 e. The highest BCUT2D eigenvalue weighted by atomic mass is 16.5. The molecule has 3 unspecified atom stereocenters. The van der Waals surface area contributed by atoms with E-state index < -0.39 is 0 Å². The molecule has 0 spiro atoms. The molecule has 0 radical (unpaired) electrons. The van der Waals surface area contributed by atoms with E-state index in [1.807, 2.05) is 6.92 Å². The summed E-state index contributed by atoms with van der Waals surface area (Å²) in [5.74, 6) is 0.345. The van der Waals surface area contributed by atoms with Gasteiger partial charge >= 0.3 is 0 Å². The Labute approximate surface area is 199 Å². The van der Waals surface area contributed by atoms with Crippen molar-refractivity contribution in [2.45, 2.75) is 110 Å². The van der Waals surface area contributed by atoms with Gasteiger partial charge in [0.1, 0.15) is 0 Å². The highest BCUT2D eigenvalue weighted by Gasteiger charge is 2.13. The third-order valence-corrected chi connectivity index (χ3v) is 6.09. The molecule has 0 aromatic rings. The van der Waals surface area contributed by atoms with Crippen molar-refractivity contribution in [3.8, 4) is 0 Å². The quantitative estimate of drug-likeness (QED) is 0.144. The molecule has 32 heavy (non-hydrogen) atoms. The maximum absolute atomic E-state index is 10.3. The molecule has 0 fully saturated rings. The summed E-state index contributed by atoms with van der Waals surface area (Å²) >= 11 is 0. The van der Waals surface area contributed by atoms with Crippen LogP contribution in [0, 0.1) is 5.92 Å². The number of hydrogen-bond donors (Lipinski definition) is 4. The van der Waals surface area contributed by atoms with E-state index in [9.17, 15) is 10.2 Å². The van der Waals surface area contributed by atoms with Gasteiger partial charge in [0, 0.05) is 26.2 Å². The van der Waals surface area contributed by atoms with Crippen LogP contribution in [-0.2, 0) is 9.47 Å². The average Bonchev–Trinajstić information content (AvgIpc) is 2.80. The molecule has 4 N–H and O–H groups in total. The van der Waals surface area contributed by atoms with Gasteiger partial charge in [-0.05, 0) is 18.8 Å². The number of ether oxygens (including phenoxy) is 2. The summed E-state index contributed by atoms with van der Waals surface area (Å²) in [5.41, 5.74) is 0. The van der Waals surface area contributed by atoms with Gasteiger partial charge in [0.15, 0.2) is 0 Å². The average molecular weight is 461 g/mol. The standard InChI is InChI=1S/C26H56N2O4/c1-4-6-7-8-9-10-11-12-13-14-15-24(3)26(30)23-28-17-19-32-21-20-31-18-16-27-22-25(29)5-2/h24-30H,4-23H2,1-3H3. The summed E-state index contributed by atoms with van der Waals surface area (Å²) in [6.07, 6.45) is 14.9. The van der Waals surface area contributed by atoms with Crippen LogP contribution in [0.15, 0.2) is 0 Å². The topological polar surface area (TPSA) is 83.0 Å². The normalized spacial score (nSPS) is 14.5. The molecule has 0 saturated heterocycles. The monoisotopic (exact) mass is 460 g/mol.